The van der Waals surface area contributed by atoms with E-state index < -0.39 is 24.4 Å². The second-order valence-electron chi connectivity index (χ2n) is 5.99. The Bertz CT molecular complexity index is 686. The van der Waals surface area contributed by atoms with E-state index in [-0.39, 0.29) is 44.2 Å². The first-order valence-corrected chi connectivity index (χ1v) is 12.2. The maximum Gasteiger partial charge on any atom is 0.116 e. The highest BCUT2D eigenvalue weighted by atomic mass is 32.2. The fraction of sp³-hybridized carbons (Fsp3) is 0.600. The Labute approximate surface area is 202 Å². The fourth-order valence-corrected chi connectivity index (χ4v) is 5.45. The zero-order chi connectivity index (χ0) is 24.0. The van der Waals surface area contributed by atoms with Crippen LogP contribution >= 0.6 is 23.5 Å². The predicted molar refractivity (Wildman–Crippen MR) is 134 cm³/mol. The minimum atomic E-state index is -0.703. The Kier molecular flexibility index (Phi) is 20.0. The van der Waals surface area contributed by atoms with Gasteiger partial charge in [0.25, 0.3) is 0 Å². The van der Waals surface area contributed by atoms with E-state index in [9.17, 15) is 0 Å². The van der Waals surface area contributed by atoms with E-state index in [0.717, 1.165) is 11.5 Å². The molecular weight excluding hydrogens is 444 g/mol. The lowest BCUT2D eigenvalue weighted by Crippen LogP contribution is -2.53. The monoisotopic (exact) mass is 476 g/mol. The van der Waals surface area contributed by atoms with Crippen molar-refractivity contribution in [1.82, 2.24) is 0 Å². The van der Waals surface area contributed by atoms with Crippen LogP contribution in [0.1, 0.15) is 13.8 Å². The second kappa shape index (κ2) is 21.2. The van der Waals surface area contributed by atoms with Gasteiger partial charge in [-0.2, -0.15) is 0 Å². The average Bonchev–Trinajstić information content (AvgIpc) is 2.80. The summed E-state index contributed by atoms with van der Waals surface area (Å²) >= 11 is 3.45. The molecule has 32 heavy (non-hydrogen) atoms. The molecule has 0 aromatic rings. The van der Waals surface area contributed by atoms with Gasteiger partial charge in [-0.1, -0.05) is 43.4 Å². The number of ether oxygens (including phenoxy) is 5. The van der Waals surface area contributed by atoms with E-state index >= 15 is 0 Å². The zero-order valence-electron chi connectivity index (χ0n) is 18.8. The van der Waals surface area contributed by atoms with Gasteiger partial charge in [0.05, 0.1) is 11.2 Å². The van der Waals surface area contributed by atoms with Gasteiger partial charge in [-0.25, -0.2) is 0 Å². The fourth-order valence-electron chi connectivity index (χ4n) is 2.74. The molecule has 0 bridgehead atoms. The number of terminal acetylenes is 5. The van der Waals surface area contributed by atoms with Gasteiger partial charge in [0.1, 0.15) is 57.5 Å². The molecule has 0 fully saturated rings. The first kappa shape index (κ1) is 30.3. The standard InChI is InChI=1S/C25H32O5S2/c1-8-15-26-20-21(27-16-9-2)22(28-17-10-3)23(29-18-11-4)24(30-19-12-5)25(31-13-6)32-14-7/h1-5,21-25H,13-20H2,6-7H3/t21-,22-,23+,24-/m1/s1. The van der Waals surface area contributed by atoms with Crippen molar-refractivity contribution in [2.75, 3.05) is 51.1 Å². The SMILES string of the molecule is C#CCOC[C@@H](OCC#C)[C@@H](OCC#C)[C@H](OCC#C)[C@@H](OCC#C)C(SCC)SCC. The van der Waals surface area contributed by atoms with Gasteiger partial charge in [0.15, 0.2) is 0 Å². The van der Waals surface area contributed by atoms with Crippen LogP contribution in [0.2, 0.25) is 0 Å². The number of rotatable bonds is 19. The highest BCUT2D eigenvalue weighted by molar-refractivity contribution is 8.17. The Balaban J connectivity index is 6.22. The molecule has 0 unspecified atom stereocenters. The number of hydrogen-bond donors (Lipinski definition) is 0. The molecule has 0 saturated heterocycles. The van der Waals surface area contributed by atoms with Crippen LogP contribution < -0.4 is 0 Å². The van der Waals surface area contributed by atoms with Crippen molar-refractivity contribution >= 4 is 23.5 Å². The van der Waals surface area contributed by atoms with E-state index in [1.54, 1.807) is 23.5 Å². The van der Waals surface area contributed by atoms with E-state index in [4.69, 9.17) is 55.8 Å². The Morgan fingerprint density at radius 1 is 0.594 bits per heavy atom. The average molecular weight is 477 g/mol. The summed E-state index contributed by atoms with van der Waals surface area (Å²) in [6.07, 6.45) is 24.7. The molecule has 5 nitrogen and oxygen atoms in total. The first-order valence-electron chi connectivity index (χ1n) is 10.1. The summed E-state index contributed by atoms with van der Waals surface area (Å²) in [4.78, 5) is 0. The third-order valence-electron chi connectivity index (χ3n) is 3.87. The van der Waals surface area contributed by atoms with E-state index in [1.165, 1.54) is 0 Å². The minimum Gasteiger partial charge on any atom is -0.366 e. The summed E-state index contributed by atoms with van der Waals surface area (Å²) in [7, 11) is 0. The molecule has 0 aliphatic heterocycles. The van der Waals surface area contributed by atoms with E-state index in [2.05, 4.69) is 43.4 Å². The molecule has 0 heterocycles. The summed E-state index contributed by atoms with van der Waals surface area (Å²) in [6.45, 7) is 4.54. The maximum absolute atomic E-state index is 6.09. The van der Waals surface area contributed by atoms with Crippen LogP contribution in [0.3, 0.4) is 0 Å². The number of hydrogen-bond acceptors (Lipinski definition) is 7. The second-order valence-corrected chi connectivity index (χ2v) is 9.13. The molecule has 0 rings (SSSR count). The Hall–Kier alpha value is -1.70. The van der Waals surface area contributed by atoms with Gasteiger partial charge < -0.3 is 23.7 Å². The van der Waals surface area contributed by atoms with Crippen LogP contribution in [0.15, 0.2) is 0 Å². The molecule has 0 aromatic carbocycles. The minimum absolute atomic E-state index is 0.00188. The third kappa shape index (κ3) is 12.4. The van der Waals surface area contributed by atoms with Gasteiger partial charge in [-0.3, -0.25) is 0 Å². The molecular formula is C25H32O5S2. The summed E-state index contributed by atoms with van der Waals surface area (Å²) in [6, 6.07) is 0. The summed E-state index contributed by atoms with van der Waals surface area (Å²) < 4.78 is 29.5. The van der Waals surface area contributed by atoms with Crippen LogP contribution in [-0.4, -0.2) is 80.1 Å². The van der Waals surface area contributed by atoms with Gasteiger partial charge >= 0.3 is 0 Å². The quantitative estimate of drug-likeness (QED) is 0.161. The van der Waals surface area contributed by atoms with Crippen LogP contribution in [-0.2, 0) is 23.7 Å². The molecule has 4 atom stereocenters. The Morgan fingerprint density at radius 2 is 1.03 bits per heavy atom. The molecule has 7 heteroatoms. The van der Waals surface area contributed by atoms with Crippen LogP contribution in [0, 0.1) is 61.7 Å². The van der Waals surface area contributed by atoms with Crippen LogP contribution in [0.5, 0.6) is 0 Å². The van der Waals surface area contributed by atoms with Crippen molar-refractivity contribution in [3.63, 3.8) is 0 Å². The lowest BCUT2D eigenvalue weighted by molar-refractivity contribution is -0.172. The van der Waals surface area contributed by atoms with E-state index in [0.29, 0.717) is 0 Å². The largest absolute Gasteiger partial charge is 0.366 e. The van der Waals surface area contributed by atoms with Crippen molar-refractivity contribution < 1.29 is 23.7 Å². The van der Waals surface area contributed by atoms with Gasteiger partial charge in [0, 0.05) is 0 Å². The van der Waals surface area contributed by atoms with Gasteiger partial charge in [0.2, 0.25) is 0 Å². The summed E-state index contributed by atoms with van der Waals surface area (Å²) in [5.41, 5.74) is 0. The smallest absolute Gasteiger partial charge is 0.116 e. The molecule has 0 amide bonds. The summed E-state index contributed by atoms with van der Waals surface area (Å²) in [5.74, 6) is 14.1. The van der Waals surface area contributed by atoms with Crippen molar-refractivity contribution in [3.05, 3.63) is 0 Å². The Morgan fingerprint density at radius 3 is 1.50 bits per heavy atom. The number of thioether (sulfide) groups is 2. The highest BCUT2D eigenvalue weighted by Gasteiger charge is 2.42. The van der Waals surface area contributed by atoms with Crippen molar-refractivity contribution in [3.8, 4) is 61.7 Å². The van der Waals surface area contributed by atoms with Crippen molar-refractivity contribution in [1.29, 1.82) is 0 Å². The van der Waals surface area contributed by atoms with Gasteiger partial charge in [-0.05, 0) is 11.5 Å². The topological polar surface area (TPSA) is 46.2 Å². The maximum atomic E-state index is 6.09. The van der Waals surface area contributed by atoms with Crippen molar-refractivity contribution in [2.45, 2.75) is 42.8 Å². The molecule has 0 N–H and O–H groups in total. The molecule has 0 aliphatic rings. The molecule has 0 aromatic heterocycles. The van der Waals surface area contributed by atoms with Crippen LogP contribution in [0.4, 0.5) is 0 Å². The highest BCUT2D eigenvalue weighted by Crippen LogP contribution is 2.33. The lowest BCUT2D eigenvalue weighted by atomic mass is 10.0. The molecule has 0 radical (unpaired) electrons. The van der Waals surface area contributed by atoms with E-state index in [1.807, 2.05) is 0 Å². The lowest BCUT2D eigenvalue weighted by Gasteiger charge is -2.39. The zero-order valence-corrected chi connectivity index (χ0v) is 20.4. The molecule has 0 saturated carbocycles. The third-order valence-corrected chi connectivity index (χ3v) is 6.55. The summed E-state index contributed by atoms with van der Waals surface area (Å²) in [5, 5.41) is 0. The van der Waals surface area contributed by atoms with Gasteiger partial charge in [-0.15, -0.1) is 55.6 Å². The van der Waals surface area contributed by atoms with Crippen molar-refractivity contribution in [2.24, 2.45) is 0 Å². The molecule has 174 valence electrons. The molecule has 0 spiro atoms. The van der Waals surface area contributed by atoms with Crippen LogP contribution in [0.25, 0.3) is 0 Å². The molecule has 0 aliphatic carbocycles. The normalized spacial score (nSPS) is 14.2. The predicted octanol–water partition coefficient (Wildman–Crippen LogP) is 2.54. The first-order chi connectivity index (χ1) is 15.6.